The standard InChI is InChI=1S/C5H9NO3/c7-2-1-4-3-6-5(8)9-4/h4,7H,1-3H2,(H,6,8)/t4-/m0/s1. The Morgan fingerprint density at radius 3 is 3.11 bits per heavy atom. The van der Waals surface area contributed by atoms with Crippen molar-refractivity contribution in [3.63, 3.8) is 0 Å². The zero-order valence-corrected chi connectivity index (χ0v) is 4.96. The summed E-state index contributed by atoms with van der Waals surface area (Å²) in [5, 5.41) is 10.9. The monoisotopic (exact) mass is 131 g/mol. The van der Waals surface area contributed by atoms with Crippen LogP contribution in [0, 0.1) is 0 Å². The molecule has 0 aliphatic carbocycles. The van der Waals surface area contributed by atoms with Crippen LogP contribution in [-0.2, 0) is 4.74 Å². The molecule has 9 heavy (non-hydrogen) atoms. The first kappa shape index (κ1) is 6.35. The fraction of sp³-hybridized carbons (Fsp3) is 0.800. The van der Waals surface area contributed by atoms with E-state index >= 15 is 0 Å². The van der Waals surface area contributed by atoms with Crippen LogP contribution in [0.4, 0.5) is 4.79 Å². The molecule has 1 saturated heterocycles. The highest BCUT2D eigenvalue weighted by Crippen LogP contribution is 2.02. The van der Waals surface area contributed by atoms with E-state index in [0.717, 1.165) is 0 Å². The number of carbonyl (C=O) groups is 1. The number of carbonyl (C=O) groups excluding carboxylic acids is 1. The Labute approximate surface area is 52.8 Å². The molecule has 1 heterocycles. The summed E-state index contributed by atoms with van der Waals surface area (Å²) in [5.41, 5.74) is 0. The maximum Gasteiger partial charge on any atom is 0.407 e. The summed E-state index contributed by atoms with van der Waals surface area (Å²) in [5.74, 6) is 0. The first-order valence-electron chi connectivity index (χ1n) is 2.88. The quantitative estimate of drug-likeness (QED) is 0.530. The molecule has 0 spiro atoms. The molecule has 4 heteroatoms. The van der Waals surface area contributed by atoms with Crippen LogP contribution in [0.5, 0.6) is 0 Å². The molecule has 52 valence electrons. The average molecular weight is 131 g/mol. The smallest absolute Gasteiger partial charge is 0.407 e. The van der Waals surface area contributed by atoms with Gasteiger partial charge in [0.15, 0.2) is 0 Å². The van der Waals surface area contributed by atoms with Crippen molar-refractivity contribution in [1.82, 2.24) is 5.32 Å². The topological polar surface area (TPSA) is 58.6 Å². The van der Waals surface area contributed by atoms with Crippen LogP contribution >= 0.6 is 0 Å². The molecule has 1 amide bonds. The van der Waals surface area contributed by atoms with Crippen LogP contribution in [0.25, 0.3) is 0 Å². The van der Waals surface area contributed by atoms with Gasteiger partial charge < -0.3 is 15.2 Å². The Morgan fingerprint density at radius 1 is 1.89 bits per heavy atom. The molecule has 1 atom stereocenters. The lowest BCUT2D eigenvalue weighted by atomic mass is 10.3. The van der Waals surface area contributed by atoms with Crippen LogP contribution in [0.3, 0.4) is 0 Å². The summed E-state index contributed by atoms with van der Waals surface area (Å²) in [4.78, 5) is 10.3. The average Bonchev–Trinajstić information content (AvgIpc) is 2.17. The Balaban J connectivity index is 2.22. The largest absolute Gasteiger partial charge is 0.444 e. The zero-order chi connectivity index (χ0) is 6.69. The van der Waals surface area contributed by atoms with E-state index < -0.39 is 0 Å². The SMILES string of the molecule is O=C1NC[C@H](CCO)O1. The van der Waals surface area contributed by atoms with Crippen molar-refractivity contribution in [1.29, 1.82) is 0 Å². The Kier molecular flexibility index (Phi) is 1.89. The van der Waals surface area contributed by atoms with Gasteiger partial charge in [0.05, 0.1) is 6.54 Å². The molecule has 0 unspecified atom stereocenters. The lowest BCUT2D eigenvalue weighted by molar-refractivity contribution is 0.121. The van der Waals surface area contributed by atoms with Crippen LogP contribution in [0.15, 0.2) is 0 Å². The maximum absolute atomic E-state index is 10.3. The molecular weight excluding hydrogens is 122 g/mol. The summed E-state index contributed by atoms with van der Waals surface area (Å²) in [6, 6.07) is 0. The number of ether oxygens (including phenoxy) is 1. The van der Waals surface area contributed by atoms with Gasteiger partial charge in [-0.15, -0.1) is 0 Å². The third-order valence-corrected chi connectivity index (χ3v) is 1.20. The van der Waals surface area contributed by atoms with Gasteiger partial charge in [-0.1, -0.05) is 0 Å². The number of alkyl carbamates (subject to hydrolysis) is 1. The minimum atomic E-state index is -0.381. The molecule has 1 fully saturated rings. The van der Waals surface area contributed by atoms with Gasteiger partial charge in [0, 0.05) is 13.0 Å². The molecule has 1 aliphatic heterocycles. The molecule has 2 N–H and O–H groups in total. The number of amides is 1. The molecule has 1 aliphatic rings. The minimum Gasteiger partial charge on any atom is -0.444 e. The molecule has 0 radical (unpaired) electrons. The van der Waals surface area contributed by atoms with Gasteiger partial charge in [-0.25, -0.2) is 4.79 Å². The summed E-state index contributed by atoms with van der Waals surface area (Å²) in [6.45, 7) is 0.596. The van der Waals surface area contributed by atoms with Crippen LogP contribution < -0.4 is 5.32 Å². The number of hydrogen-bond donors (Lipinski definition) is 2. The van der Waals surface area contributed by atoms with Crippen molar-refractivity contribution in [3.8, 4) is 0 Å². The van der Waals surface area contributed by atoms with Gasteiger partial charge in [-0.3, -0.25) is 0 Å². The predicted octanol–water partition coefficient (Wildman–Crippen LogP) is -0.523. The highest BCUT2D eigenvalue weighted by Gasteiger charge is 2.20. The minimum absolute atomic E-state index is 0.0691. The molecule has 0 aromatic carbocycles. The Hall–Kier alpha value is -0.770. The number of aliphatic hydroxyl groups is 1. The van der Waals surface area contributed by atoms with Gasteiger partial charge >= 0.3 is 6.09 Å². The lowest BCUT2D eigenvalue weighted by Gasteiger charge is -2.02. The number of aliphatic hydroxyl groups excluding tert-OH is 1. The van der Waals surface area contributed by atoms with E-state index in [2.05, 4.69) is 5.32 Å². The highest BCUT2D eigenvalue weighted by atomic mass is 16.6. The van der Waals surface area contributed by atoms with E-state index in [0.29, 0.717) is 13.0 Å². The van der Waals surface area contributed by atoms with Gasteiger partial charge in [0.25, 0.3) is 0 Å². The van der Waals surface area contributed by atoms with Crippen molar-refractivity contribution in [3.05, 3.63) is 0 Å². The second-order valence-corrected chi connectivity index (χ2v) is 1.92. The first-order valence-corrected chi connectivity index (χ1v) is 2.88. The van der Waals surface area contributed by atoms with E-state index in [1.54, 1.807) is 0 Å². The van der Waals surface area contributed by atoms with Crippen molar-refractivity contribution in [2.24, 2.45) is 0 Å². The highest BCUT2D eigenvalue weighted by molar-refractivity contribution is 5.69. The van der Waals surface area contributed by atoms with Crippen LogP contribution in [-0.4, -0.2) is 30.5 Å². The van der Waals surface area contributed by atoms with E-state index in [-0.39, 0.29) is 18.8 Å². The van der Waals surface area contributed by atoms with Crippen molar-refractivity contribution in [2.75, 3.05) is 13.2 Å². The molecule has 0 bridgehead atoms. The molecule has 1 rings (SSSR count). The normalized spacial score (nSPS) is 25.4. The first-order chi connectivity index (χ1) is 4.33. The summed E-state index contributed by atoms with van der Waals surface area (Å²) in [7, 11) is 0. The van der Waals surface area contributed by atoms with Crippen molar-refractivity contribution < 1.29 is 14.6 Å². The molecule has 0 saturated carbocycles. The summed E-state index contributed by atoms with van der Waals surface area (Å²) in [6.07, 6.45) is 0.0228. The molecular formula is C5H9NO3. The summed E-state index contributed by atoms with van der Waals surface area (Å²) < 4.78 is 4.69. The Bertz CT molecular complexity index is 115. The fourth-order valence-corrected chi connectivity index (χ4v) is 0.737. The fourth-order valence-electron chi connectivity index (χ4n) is 0.737. The second kappa shape index (κ2) is 2.68. The third-order valence-electron chi connectivity index (χ3n) is 1.20. The van der Waals surface area contributed by atoms with Gasteiger partial charge in [0.1, 0.15) is 6.10 Å². The number of cyclic esters (lactones) is 1. The molecule has 0 aromatic heterocycles. The maximum atomic E-state index is 10.3. The van der Waals surface area contributed by atoms with E-state index in [4.69, 9.17) is 9.84 Å². The summed E-state index contributed by atoms with van der Waals surface area (Å²) >= 11 is 0. The van der Waals surface area contributed by atoms with E-state index in [1.165, 1.54) is 0 Å². The lowest BCUT2D eigenvalue weighted by Crippen LogP contribution is -2.15. The number of nitrogens with one attached hydrogen (secondary N) is 1. The van der Waals surface area contributed by atoms with Gasteiger partial charge in [0.2, 0.25) is 0 Å². The van der Waals surface area contributed by atoms with Crippen LogP contribution in [0.2, 0.25) is 0 Å². The number of hydrogen-bond acceptors (Lipinski definition) is 3. The van der Waals surface area contributed by atoms with Gasteiger partial charge in [-0.05, 0) is 0 Å². The Morgan fingerprint density at radius 2 is 2.67 bits per heavy atom. The van der Waals surface area contributed by atoms with Crippen molar-refractivity contribution >= 4 is 6.09 Å². The van der Waals surface area contributed by atoms with E-state index in [1.807, 2.05) is 0 Å². The molecule has 0 aromatic rings. The van der Waals surface area contributed by atoms with Crippen LogP contribution in [0.1, 0.15) is 6.42 Å². The van der Waals surface area contributed by atoms with Crippen molar-refractivity contribution in [2.45, 2.75) is 12.5 Å². The molecule has 4 nitrogen and oxygen atoms in total. The zero-order valence-electron chi connectivity index (χ0n) is 4.96. The second-order valence-electron chi connectivity index (χ2n) is 1.92. The number of rotatable bonds is 2. The predicted molar refractivity (Wildman–Crippen MR) is 30.0 cm³/mol. The van der Waals surface area contributed by atoms with Gasteiger partial charge in [-0.2, -0.15) is 0 Å². The van der Waals surface area contributed by atoms with E-state index in [9.17, 15) is 4.79 Å². The third kappa shape index (κ3) is 1.57.